The molecule has 3 aromatic rings. The Morgan fingerprint density at radius 3 is 2.80 bits per heavy atom. The molecule has 0 amide bonds. The fourth-order valence-electron chi connectivity index (χ4n) is 3.11. The van der Waals surface area contributed by atoms with E-state index in [2.05, 4.69) is 53.7 Å². The van der Waals surface area contributed by atoms with Crippen molar-refractivity contribution in [2.24, 2.45) is 0 Å². The average Bonchev–Trinajstić information content (AvgIpc) is 3.11. The Balaban J connectivity index is 1.29. The van der Waals surface area contributed by atoms with Crippen molar-refractivity contribution in [3.63, 3.8) is 0 Å². The number of aromatic nitrogens is 6. The first-order valence-electron chi connectivity index (χ1n) is 8.48. The molecular weight excluding hydrogens is 318 g/mol. The van der Waals surface area contributed by atoms with Crippen LogP contribution >= 0.6 is 0 Å². The molecule has 4 heterocycles. The molecule has 9 nitrogen and oxygen atoms in total. The van der Waals surface area contributed by atoms with Crippen LogP contribution in [0.2, 0.25) is 0 Å². The number of nitrogens with zero attached hydrogens (tertiary/aromatic N) is 8. The van der Waals surface area contributed by atoms with Crippen LogP contribution in [-0.4, -0.2) is 73.9 Å². The summed E-state index contributed by atoms with van der Waals surface area (Å²) in [5.74, 6) is 1.84. The van der Waals surface area contributed by atoms with Crippen LogP contribution in [0.3, 0.4) is 0 Å². The van der Waals surface area contributed by atoms with Gasteiger partial charge < -0.3 is 10.2 Å². The van der Waals surface area contributed by atoms with E-state index in [0.717, 1.165) is 44.4 Å². The summed E-state index contributed by atoms with van der Waals surface area (Å²) in [5, 5.41) is 19.1. The SMILES string of the molecule is C[C@H](CN1CCN(c2ccccn2)CC1)Nc1ccc2nnnn2n1. The van der Waals surface area contributed by atoms with E-state index >= 15 is 0 Å². The van der Waals surface area contributed by atoms with Crippen molar-refractivity contribution < 1.29 is 0 Å². The lowest BCUT2D eigenvalue weighted by atomic mass is 10.2. The average molecular weight is 339 g/mol. The number of anilines is 2. The van der Waals surface area contributed by atoms with Gasteiger partial charge in [0.15, 0.2) is 5.65 Å². The summed E-state index contributed by atoms with van der Waals surface area (Å²) in [4.78, 5) is 9.23. The zero-order valence-electron chi connectivity index (χ0n) is 14.2. The van der Waals surface area contributed by atoms with Crippen LogP contribution in [0.4, 0.5) is 11.6 Å². The van der Waals surface area contributed by atoms with Crippen molar-refractivity contribution in [1.29, 1.82) is 0 Å². The van der Waals surface area contributed by atoms with Crippen molar-refractivity contribution in [1.82, 2.24) is 35.1 Å². The number of hydrogen-bond donors (Lipinski definition) is 1. The molecule has 0 saturated carbocycles. The second-order valence-electron chi connectivity index (χ2n) is 6.27. The van der Waals surface area contributed by atoms with Crippen LogP contribution in [0.15, 0.2) is 36.5 Å². The molecule has 0 spiro atoms. The molecule has 4 rings (SSSR count). The lowest BCUT2D eigenvalue weighted by Crippen LogP contribution is -2.49. The fraction of sp³-hybridized carbons (Fsp3) is 0.438. The largest absolute Gasteiger partial charge is 0.365 e. The van der Waals surface area contributed by atoms with E-state index < -0.39 is 0 Å². The van der Waals surface area contributed by atoms with Gasteiger partial charge in [-0.25, -0.2) is 4.98 Å². The maximum Gasteiger partial charge on any atom is 0.200 e. The van der Waals surface area contributed by atoms with Gasteiger partial charge in [0.1, 0.15) is 11.6 Å². The molecule has 0 aliphatic carbocycles. The summed E-state index contributed by atoms with van der Waals surface area (Å²) < 4.78 is 1.43. The summed E-state index contributed by atoms with van der Waals surface area (Å²) in [5.41, 5.74) is 0.642. The predicted molar refractivity (Wildman–Crippen MR) is 94.6 cm³/mol. The van der Waals surface area contributed by atoms with Crippen molar-refractivity contribution in [3.05, 3.63) is 36.5 Å². The van der Waals surface area contributed by atoms with E-state index in [4.69, 9.17) is 0 Å². The van der Waals surface area contributed by atoms with Crippen LogP contribution in [0.5, 0.6) is 0 Å². The third-order valence-electron chi connectivity index (χ3n) is 4.34. The summed E-state index contributed by atoms with van der Waals surface area (Å²) in [6.07, 6.45) is 1.85. The summed E-state index contributed by atoms with van der Waals surface area (Å²) in [6, 6.07) is 10.1. The molecule has 1 N–H and O–H groups in total. The quantitative estimate of drug-likeness (QED) is 0.721. The van der Waals surface area contributed by atoms with Gasteiger partial charge >= 0.3 is 0 Å². The zero-order valence-corrected chi connectivity index (χ0v) is 14.2. The minimum absolute atomic E-state index is 0.280. The van der Waals surface area contributed by atoms with Gasteiger partial charge in [0.05, 0.1) is 0 Å². The monoisotopic (exact) mass is 339 g/mol. The molecule has 0 bridgehead atoms. The Kier molecular flexibility index (Phi) is 4.38. The molecule has 9 heteroatoms. The van der Waals surface area contributed by atoms with Gasteiger partial charge in [-0.3, -0.25) is 4.90 Å². The highest BCUT2D eigenvalue weighted by atomic mass is 15.6. The number of piperazine rings is 1. The minimum atomic E-state index is 0.280. The van der Waals surface area contributed by atoms with Gasteiger partial charge in [0, 0.05) is 45.0 Å². The van der Waals surface area contributed by atoms with Crippen molar-refractivity contribution >= 4 is 17.3 Å². The first-order valence-corrected chi connectivity index (χ1v) is 8.48. The third-order valence-corrected chi connectivity index (χ3v) is 4.34. The Morgan fingerprint density at radius 1 is 1.12 bits per heavy atom. The summed E-state index contributed by atoms with van der Waals surface area (Å²) >= 11 is 0. The molecule has 130 valence electrons. The van der Waals surface area contributed by atoms with Gasteiger partial charge in [-0.05, 0) is 41.6 Å². The van der Waals surface area contributed by atoms with Crippen LogP contribution in [0.1, 0.15) is 6.92 Å². The van der Waals surface area contributed by atoms with E-state index in [1.54, 1.807) is 0 Å². The summed E-state index contributed by atoms with van der Waals surface area (Å²) in [6.45, 7) is 7.18. The second kappa shape index (κ2) is 6.98. The normalized spacial score (nSPS) is 16.9. The predicted octanol–water partition coefficient (Wildman–Crippen LogP) is 0.537. The lowest BCUT2D eigenvalue weighted by molar-refractivity contribution is 0.250. The van der Waals surface area contributed by atoms with E-state index in [9.17, 15) is 0 Å². The number of nitrogens with one attached hydrogen (secondary N) is 1. The number of rotatable bonds is 5. The number of pyridine rings is 1. The molecule has 1 fully saturated rings. The highest BCUT2D eigenvalue weighted by Crippen LogP contribution is 2.13. The molecule has 25 heavy (non-hydrogen) atoms. The Morgan fingerprint density at radius 2 is 2.00 bits per heavy atom. The smallest absolute Gasteiger partial charge is 0.200 e. The molecule has 3 aromatic heterocycles. The first-order chi connectivity index (χ1) is 12.3. The third kappa shape index (κ3) is 3.66. The minimum Gasteiger partial charge on any atom is -0.365 e. The molecule has 1 saturated heterocycles. The van der Waals surface area contributed by atoms with Crippen LogP contribution < -0.4 is 10.2 Å². The lowest BCUT2D eigenvalue weighted by Gasteiger charge is -2.36. The molecule has 1 atom stereocenters. The molecular formula is C16H21N9. The Labute approximate surface area is 145 Å². The first kappa shape index (κ1) is 15.7. The number of hydrogen-bond acceptors (Lipinski definition) is 8. The number of tetrazole rings is 1. The van der Waals surface area contributed by atoms with Crippen molar-refractivity contribution in [3.8, 4) is 0 Å². The standard InChI is InChI=1S/C16H21N9/c1-13(18-14-5-6-16-19-21-22-25(16)20-14)12-23-8-10-24(11-9-23)15-4-2-3-7-17-15/h2-7,13H,8-12H2,1H3,(H,18,20)/t13-/m1/s1. The van der Waals surface area contributed by atoms with E-state index in [1.807, 2.05) is 30.5 Å². The molecule has 0 radical (unpaired) electrons. The van der Waals surface area contributed by atoms with Gasteiger partial charge in [-0.1, -0.05) is 6.07 Å². The van der Waals surface area contributed by atoms with Gasteiger partial charge in [-0.15, -0.1) is 14.8 Å². The van der Waals surface area contributed by atoms with Gasteiger partial charge in [-0.2, -0.15) is 0 Å². The maximum atomic E-state index is 4.43. The van der Waals surface area contributed by atoms with Crippen molar-refractivity contribution in [2.45, 2.75) is 13.0 Å². The van der Waals surface area contributed by atoms with E-state index in [1.165, 1.54) is 4.63 Å². The topological polar surface area (TPSA) is 87.4 Å². The zero-order chi connectivity index (χ0) is 17.1. The Bertz CT molecular complexity index is 811. The highest BCUT2D eigenvalue weighted by molar-refractivity contribution is 5.42. The van der Waals surface area contributed by atoms with Gasteiger partial charge in [0.2, 0.25) is 0 Å². The summed E-state index contributed by atoms with van der Waals surface area (Å²) in [7, 11) is 0. The van der Waals surface area contributed by atoms with Crippen LogP contribution in [0, 0.1) is 0 Å². The van der Waals surface area contributed by atoms with Crippen LogP contribution in [-0.2, 0) is 0 Å². The fourth-order valence-corrected chi connectivity index (χ4v) is 3.11. The van der Waals surface area contributed by atoms with Crippen LogP contribution in [0.25, 0.3) is 5.65 Å². The van der Waals surface area contributed by atoms with Crippen molar-refractivity contribution in [2.75, 3.05) is 42.9 Å². The molecule has 0 unspecified atom stereocenters. The molecule has 0 aromatic carbocycles. The van der Waals surface area contributed by atoms with Gasteiger partial charge in [0.25, 0.3) is 0 Å². The molecule has 1 aliphatic rings. The number of fused-ring (bicyclic) bond motifs is 1. The molecule has 1 aliphatic heterocycles. The Hall–Kier alpha value is -2.81. The van der Waals surface area contributed by atoms with E-state index in [-0.39, 0.29) is 6.04 Å². The highest BCUT2D eigenvalue weighted by Gasteiger charge is 2.19. The second-order valence-corrected chi connectivity index (χ2v) is 6.27. The maximum absolute atomic E-state index is 4.43. The van der Waals surface area contributed by atoms with E-state index in [0.29, 0.717) is 5.65 Å².